The number of halogens is 1. The van der Waals surface area contributed by atoms with Crippen LogP contribution in [0.5, 0.6) is 5.75 Å². The van der Waals surface area contributed by atoms with E-state index >= 15 is 0 Å². The van der Waals surface area contributed by atoms with Gasteiger partial charge in [0.1, 0.15) is 0 Å². The van der Waals surface area contributed by atoms with Gasteiger partial charge in [0, 0.05) is 6.54 Å². The van der Waals surface area contributed by atoms with Crippen LogP contribution in [0.1, 0.15) is 57.4 Å². The predicted octanol–water partition coefficient (Wildman–Crippen LogP) is 4.76. The Labute approximate surface area is 134 Å². The van der Waals surface area contributed by atoms with Gasteiger partial charge in [-0.25, -0.2) is 4.39 Å². The summed E-state index contributed by atoms with van der Waals surface area (Å²) < 4.78 is 13.1. The van der Waals surface area contributed by atoms with Gasteiger partial charge in [0.05, 0.1) is 0 Å². The Bertz CT molecular complexity index is 443. The Morgan fingerprint density at radius 3 is 2.59 bits per heavy atom. The first-order valence-corrected chi connectivity index (χ1v) is 8.88. The van der Waals surface area contributed by atoms with Crippen LogP contribution in [-0.4, -0.2) is 29.6 Å². The first-order chi connectivity index (χ1) is 10.7. The third-order valence-corrected chi connectivity index (χ3v) is 4.85. The van der Waals surface area contributed by atoms with Gasteiger partial charge in [-0.15, -0.1) is 0 Å². The maximum Gasteiger partial charge on any atom is 0.164 e. The normalized spacial score (nSPS) is 16.3. The van der Waals surface area contributed by atoms with Gasteiger partial charge in [0.25, 0.3) is 0 Å². The average molecular weight is 307 g/mol. The number of rotatable bonds is 8. The molecule has 0 radical (unpaired) electrons. The highest BCUT2D eigenvalue weighted by atomic mass is 19.1. The molecule has 0 aliphatic heterocycles. The predicted molar refractivity (Wildman–Crippen MR) is 89.7 cm³/mol. The van der Waals surface area contributed by atoms with Crippen molar-refractivity contribution in [3.05, 3.63) is 29.6 Å². The van der Waals surface area contributed by atoms with Gasteiger partial charge in [0.2, 0.25) is 0 Å². The van der Waals surface area contributed by atoms with Crippen molar-refractivity contribution in [1.82, 2.24) is 4.90 Å². The van der Waals surface area contributed by atoms with Crippen molar-refractivity contribution in [2.75, 3.05) is 19.6 Å². The first-order valence-electron chi connectivity index (χ1n) is 8.88. The molecule has 1 aliphatic rings. The van der Waals surface area contributed by atoms with Gasteiger partial charge < -0.3 is 10.0 Å². The Kier molecular flexibility index (Phi) is 7.17. The van der Waals surface area contributed by atoms with E-state index in [4.69, 9.17) is 0 Å². The molecule has 1 fully saturated rings. The molecule has 0 aromatic heterocycles. The van der Waals surface area contributed by atoms with Crippen molar-refractivity contribution in [1.29, 1.82) is 0 Å². The van der Waals surface area contributed by atoms with Gasteiger partial charge in [-0.3, -0.25) is 0 Å². The molecule has 124 valence electrons. The smallest absolute Gasteiger partial charge is 0.164 e. The molecule has 1 N–H and O–H groups in total. The molecular weight excluding hydrogens is 277 g/mol. The highest BCUT2D eigenvalue weighted by Gasteiger charge is 2.15. The fourth-order valence-corrected chi connectivity index (χ4v) is 3.49. The number of phenols is 1. The summed E-state index contributed by atoms with van der Waals surface area (Å²) in [5, 5.41) is 9.45. The largest absolute Gasteiger partial charge is 0.505 e. The lowest BCUT2D eigenvalue weighted by Gasteiger charge is -2.27. The SMILES string of the molecule is CCCN(CCc1ccc(F)c(O)c1)CCC1CCCCC1. The third-order valence-electron chi connectivity index (χ3n) is 4.85. The number of hydrogen-bond acceptors (Lipinski definition) is 2. The van der Waals surface area contributed by atoms with Crippen LogP contribution in [0.2, 0.25) is 0 Å². The van der Waals surface area contributed by atoms with Crippen molar-refractivity contribution >= 4 is 0 Å². The van der Waals surface area contributed by atoms with Gasteiger partial charge >= 0.3 is 0 Å². The van der Waals surface area contributed by atoms with Crippen molar-refractivity contribution in [2.24, 2.45) is 5.92 Å². The van der Waals surface area contributed by atoms with E-state index in [0.29, 0.717) is 0 Å². The Hall–Kier alpha value is -1.09. The lowest BCUT2D eigenvalue weighted by molar-refractivity contribution is 0.233. The number of benzene rings is 1. The quantitative estimate of drug-likeness (QED) is 0.748. The van der Waals surface area contributed by atoms with E-state index in [-0.39, 0.29) is 5.75 Å². The van der Waals surface area contributed by atoms with Crippen LogP contribution in [0, 0.1) is 11.7 Å². The summed E-state index contributed by atoms with van der Waals surface area (Å²) in [6.45, 7) is 5.51. The van der Waals surface area contributed by atoms with Crippen molar-refractivity contribution in [3.63, 3.8) is 0 Å². The van der Waals surface area contributed by atoms with E-state index in [1.54, 1.807) is 12.1 Å². The summed E-state index contributed by atoms with van der Waals surface area (Å²) in [4.78, 5) is 2.52. The van der Waals surface area contributed by atoms with Crippen LogP contribution >= 0.6 is 0 Å². The first kappa shape index (κ1) is 17.3. The standard InChI is InChI=1S/C19H30FNO/c1-2-12-21(13-10-16-6-4-3-5-7-16)14-11-17-8-9-18(20)19(22)15-17/h8-9,15-16,22H,2-7,10-14H2,1H3. The zero-order valence-corrected chi connectivity index (χ0v) is 13.9. The lowest BCUT2D eigenvalue weighted by Crippen LogP contribution is -2.29. The highest BCUT2D eigenvalue weighted by molar-refractivity contribution is 5.29. The maximum absolute atomic E-state index is 13.1. The van der Waals surface area contributed by atoms with E-state index in [9.17, 15) is 9.50 Å². The fraction of sp³-hybridized carbons (Fsp3) is 0.684. The van der Waals surface area contributed by atoms with Crippen LogP contribution in [-0.2, 0) is 6.42 Å². The number of phenolic OH excluding ortho intramolecular Hbond substituents is 1. The summed E-state index contributed by atoms with van der Waals surface area (Å²) in [5.41, 5.74) is 1.01. The topological polar surface area (TPSA) is 23.5 Å². The molecular formula is C19H30FNO. The minimum absolute atomic E-state index is 0.234. The fourth-order valence-electron chi connectivity index (χ4n) is 3.49. The summed E-state index contributed by atoms with van der Waals surface area (Å²) >= 11 is 0. The highest BCUT2D eigenvalue weighted by Crippen LogP contribution is 2.26. The molecule has 0 amide bonds. The zero-order chi connectivity index (χ0) is 15.8. The molecule has 0 spiro atoms. The second-order valence-corrected chi connectivity index (χ2v) is 6.67. The molecule has 0 unspecified atom stereocenters. The van der Waals surface area contributed by atoms with Gasteiger partial charge in [0.15, 0.2) is 11.6 Å². The zero-order valence-electron chi connectivity index (χ0n) is 13.9. The Morgan fingerprint density at radius 1 is 1.14 bits per heavy atom. The molecule has 3 heteroatoms. The molecule has 1 aromatic carbocycles. The van der Waals surface area contributed by atoms with E-state index in [1.807, 2.05) is 0 Å². The van der Waals surface area contributed by atoms with E-state index < -0.39 is 5.82 Å². The number of aromatic hydroxyl groups is 1. The van der Waals surface area contributed by atoms with Gasteiger partial charge in [-0.2, -0.15) is 0 Å². The molecule has 2 rings (SSSR count). The summed E-state index contributed by atoms with van der Waals surface area (Å²) in [6, 6.07) is 4.69. The van der Waals surface area contributed by atoms with Crippen molar-refractivity contribution in [2.45, 2.75) is 58.3 Å². The minimum Gasteiger partial charge on any atom is -0.505 e. The van der Waals surface area contributed by atoms with Crippen LogP contribution in [0.15, 0.2) is 18.2 Å². The van der Waals surface area contributed by atoms with E-state index in [2.05, 4.69) is 11.8 Å². The Morgan fingerprint density at radius 2 is 1.91 bits per heavy atom. The maximum atomic E-state index is 13.1. The van der Waals surface area contributed by atoms with Crippen LogP contribution in [0.3, 0.4) is 0 Å². The van der Waals surface area contributed by atoms with Crippen LogP contribution < -0.4 is 0 Å². The number of nitrogens with zero attached hydrogens (tertiary/aromatic N) is 1. The second-order valence-electron chi connectivity index (χ2n) is 6.67. The summed E-state index contributed by atoms with van der Waals surface area (Å²) in [5.74, 6) is 0.149. The molecule has 22 heavy (non-hydrogen) atoms. The molecule has 1 saturated carbocycles. The molecule has 1 aromatic rings. The Balaban J connectivity index is 1.78. The number of hydrogen-bond donors (Lipinski definition) is 1. The summed E-state index contributed by atoms with van der Waals surface area (Å²) in [6.07, 6.45) is 10.4. The van der Waals surface area contributed by atoms with E-state index in [1.165, 1.54) is 57.6 Å². The van der Waals surface area contributed by atoms with Crippen LogP contribution in [0.4, 0.5) is 4.39 Å². The molecule has 0 heterocycles. The lowest BCUT2D eigenvalue weighted by atomic mass is 9.87. The molecule has 1 aliphatic carbocycles. The molecule has 0 bridgehead atoms. The van der Waals surface area contributed by atoms with Crippen LogP contribution in [0.25, 0.3) is 0 Å². The van der Waals surface area contributed by atoms with Gasteiger partial charge in [-0.1, -0.05) is 45.1 Å². The minimum atomic E-state index is -0.536. The second kappa shape index (κ2) is 9.14. The van der Waals surface area contributed by atoms with Crippen molar-refractivity contribution < 1.29 is 9.50 Å². The average Bonchev–Trinajstić information content (AvgIpc) is 2.54. The molecule has 0 saturated heterocycles. The molecule has 2 nitrogen and oxygen atoms in total. The monoisotopic (exact) mass is 307 g/mol. The molecule has 0 atom stereocenters. The van der Waals surface area contributed by atoms with Crippen molar-refractivity contribution in [3.8, 4) is 5.75 Å². The summed E-state index contributed by atoms with van der Waals surface area (Å²) in [7, 11) is 0. The van der Waals surface area contributed by atoms with Gasteiger partial charge in [-0.05, 0) is 56.0 Å². The van der Waals surface area contributed by atoms with E-state index in [0.717, 1.165) is 31.0 Å². The third kappa shape index (κ3) is 5.60.